The van der Waals surface area contributed by atoms with Crippen molar-refractivity contribution in [2.75, 3.05) is 0 Å². The first-order valence-corrected chi connectivity index (χ1v) is 8.94. The zero-order chi connectivity index (χ0) is 18.1. The van der Waals surface area contributed by atoms with Crippen LogP contribution in [0.1, 0.15) is 50.8 Å². The van der Waals surface area contributed by atoms with Crippen LogP contribution in [-0.4, -0.2) is 36.6 Å². The number of carbonyl (C=O) groups is 1. The first kappa shape index (κ1) is 16.5. The van der Waals surface area contributed by atoms with E-state index in [-0.39, 0.29) is 30.8 Å². The minimum Gasteiger partial charge on any atom is -0.462 e. The number of aromatic nitrogens is 5. The van der Waals surface area contributed by atoms with Gasteiger partial charge in [-0.1, -0.05) is 13.3 Å². The van der Waals surface area contributed by atoms with Crippen LogP contribution < -0.4 is 0 Å². The molecular weight excluding hydrogens is 332 g/mol. The predicted molar refractivity (Wildman–Crippen MR) is 93.1 cm³/mol. The van der Waals surface area contributed by atoms with E-state index in [1.165, 1.54) is 0 Å². The molecule has 1 N–H and O–H groups in total. The number of ether oxygens (including phenoxy) is 1. The molecule has 0 aliphatic heterocycles. The molecule has 8 nitrogen and oxygen atoms in total. The summed E-state index contributed by atoms with van der Waals surface area (Å²) in [5.74, 6) is 1.15. The number of nitrogens with zero attached hydrogens (tertiary/aromatic N) is 5. The van der Waals surface area contributed by atoms with Crippen LogP contribution in [0.2, 0.25) is 0 Å². The van der Waals surface area contributed by atoms with E-state index < -0.39 is 0 Å². The smallest absolute Gasteiger partial charge is 0.307 e. The van der Waals surface area contributed by atoms with Crippen LogP contribution in [0.3, 0.4) is 0 Å². The first-order valence-electron chi connectivity index (χ1n) is 8.94. The van der Waals surface area contributed by atoms with Crippen molar-refractivity contribution in [1.82, 2.24) is 24.6 Å². The molecule has 134 valence electrons. The van der Waals surface area contributed by atoms with E-state index in [4.69, 9.17) is 10.00 Å². The average molecular weight is 352 g/mol. The van der Waals surface area contributed by atoms with Crippen molar-refractivity contribution in [2.24, 2.45) is 5.92 Å². The second kappa shape index (κ2) is 6.75. The highest BCUT2D eigenvalue weighted by Gasteiger charge is 2.39. The molecule has 0 saturated heterocycles. The Morgan fingerprint density at radius 3 is 3.15 bits per heavy atom. The third-order valence-electron chi connectivity index (χ3n) is 5.21. The monoisotopic (exact) mass is 352 g/mol. The fraction of sp³-hybridized carbons (Fsp3) is 0.500. The van der Waals surface area contributed by atoms with Crippen molar-refractivity contribution in [3.8, 4) is 6.07 Å². The number of H-pyrrole nitrogens is 1. The molecule has 0 radical (unpaired) electrons. The van der Waals surface area contributed by atoms with Gasteiger partial charge in [0.2, 0.25) is 0 Å². The van der Waals surface area contributed by atoms with Crippen LogP contribution >= 0.6 is 0 Å². The van der Waals surface area contributed by atoms with Gasteiger partial charge in [-0.2, -0.15) is 5.26 Å². The summed E-state index contributed by atoms with van der Waals surface area (Å²) in [6.45, 7) is 2.15. The van der Waals surface area contributed by atoms with Gasteiger partial charge in [0, 0.05) is 18.5 Å². The van der Waals surface area contributed by atoms with Crippen molar-refractivity contribution in [3.63, 3.8) is 0 Å². The summed E-state index contributed by atoms with van der Waals surface area (Å²) in [5.41, 5.74) is 2.47. The summed E-state index contributed by atoms with van der Waals surface area (Å²) in [6, 6.07) is 3.95. The topological polar surface area (TPSA) is 109 Å². The summed E-state index contributed by atoms with van der Waals surface area (Å²) in [7, 11) is 0. The molecule has 26 heavy (non-hydrogen) atoms. The Balaban J connectivity index is 1.62. The summed E-state index contributed by atoms with van der Waals surface area (Å²) < 4.78 is 7.64. The van der Waals surface area contributed by atoms with Gasteiger partial charge in [0.15, 0.2) is 11.3 Å². The number of hydrogen-bond acceptors (Lipinski definition) is 6. The number of esters is 1. The van der Waals surface area contributed by atoms with Gasteiger partial charge in [-0.15, -0.1) is 10.2 Å². The maximum absolute atomic E-state index is 11.9. The van der Waals surface area contributed by atoms with Crippen molar-refractivity contribution in [1.29, 1.82) is 5.26 Å². The number of nitrogens with one attached hydrogen (secondary N) is 1. The minimum absolute atomic E-state index is 0.132. The number of fused-ring (bicyclic) bond motifs is 3. The van der Waals surface area contributed by atoms with Gasteiger partial charge in [-0.25, -0.2) is 4.98 Å². The SMILES string of the molecule is CC[C@@H]1C[C@H](OC(=O)CCC#N)C[C@@H]1c1nnc2cnc3[nH]ccc3n12. The molecule has 3 heterocycles. The second-order valence-electron chi connectivity index (χ2n) is 6.74. The molecule has 1 aliphatic carbocycles. The number of aromatic amines is 1. The van der Waals surface area contributed by atoms with Crippen LogP contribution in [0.15, 0.2) is 18.5 Å². The van der Waals surface area contributed by atoms with Crippen LogP contribution in [0.5, 0.6) is 0 Å². The Morgan fingerprint density at radius 2 is 2.35 bits per heavy atom. The molecule has 0 unspecified atom stereocenters. The van der Waals surface area contributed by atoms with Crippen LogP contribution in [0.4, 0.5) is 0 Å². The van der Waals surface area contributed by atoms with Gasteiger partial charge in [0.1, 0.15) is 11.9 Å². The molecule has 0 amide bonds. The molecular formula is C18H20N6O2. The highest BCUT2D eigenvalue weighted by atomic mass is 16.5. The largest absolute Gasteiger partial charge is 0.462 e. The van der Waals surface area contributed by atoms with Crippen molar-refractivity contribution >= 4 is 22.8 Å². The predicted octanol–water partition coefficient (Wildman–Crippen LogP) is 2.72. The lowest BCUT2D eigenvalue weighted by Gasteiger charge is -2.15. The third kappa shape index (κ3) is 2.79. The number of carbonyl (C=O) groups excluding carboxylic acids is 1. The zero-order valence-corrected chi connectivity index (χ0v) is 14.6. The van der Waals surface area contributed by atoms with Crippen LogP contribution in [0.25, 0.3) is 16.8 Å². The molecule has 8 heteroatoms. The van der Waals surface area contributed by atoms with Gasteiger partial charge < -0.3 is 9.72 Å². The fourth-order valence-corrected chi connectivity index (χ4v) is 3.98. The number of nitriles is 1. The Labute approximate surface area is 150 Å². The van der Waals surface area contributed by atoms with Gasteiger partial charge in [-0.05, 0) is 24.8 Å². The van der Waals surface area contributed by atoms with E-state index in [0.717, 1.165) is 41.9 Å². The van der Waals surface area contributed by atoms with Crippen LogP contribution in [0, 0.1) is 17.2 Å². The molecule has 3 atom stereocenters. The van der Waals surface area contributed by atoms with E-state index in [0.29, 0.717) is 5.92 Å². The second-order valence-corrected chi connectivity index (χ2v) is 6.74. The van der Waals surface area contributed by atoms with Gasteiger partial charge in [0.05, 0.1) is 24.2 Å². The number of hydrogen-bond donors (Lipinski definition) is 1. The zero-order valence-electron chi connectivity index (χ0n) is 14.6. The first-order chi connectivity index (χ1) is 12.7. The summed E-state index contributed by atoms with van der Waals surface area (Å²) in [5, 5.41) is 17.3. The third-order valence-corrected chi connectivity index (χ3v) is 5.21. The van der Waals surface area contributed by atoms with E-state index >= 15 is 0 Å². The quantitative estimate of drug-likeness (QED) is 0.707. The molecule has 1 saturated carbocycles. The summed E-state index contributed by atoms with van der Waals surface area (Å²) >= 11 is 0. The normalized spacial score (nSPS) is 22.7. The fourth-order valence-electron chi connectivity index (χ4n) is 3.98. The van der Waals surface area contributed by atoms with E-state index in [1.54, 1.807) is 6.20 Å². The minimum atomic E-state index is -0.296. The Morgan fingerprint density at radius 1 is 1.46 bits per heavy atom. The lowest BCUT2D eigenvalue weighted by molar-refractivity contribution is -0.148. The molecule has 3 aromatic heterocycles. The van der Waals surface area contributed by atoms with E-state index in [1.807, 2.05) is 22.7 Å². The highest BCUT2D eigenvalue weighted by molar-refractivity contribution is 5.74. The van der Waals surface area contributed by atoms with Gasteiger partial charge >= 0.3 is 5.97 Å². The molecule has 3 aromatic rings. The maximum atomic E-state index is 11.9. The Hall–Kier alpha value is -2.95. The Kier molecular flexibility index (Phi) is 4.29. The number of rotatable bonds is 5. The standard InChI is InChI=1S/C18H20N6O2/c1-2-11-8-12(26-16(25)4-3-6-19)9-13(11)18-23-22-15-10-21-17-14(24(15)18)5-7-20-17/h5,7,10-13,20H,2-4,8-9H2,1H3/t11-,12+,13+/m1/s1. The lowest BCUT2D eigenvalue weighted by atomic mass is 9.93. The van der Waals surface area contributed by atoms with E-state index in [2.05, 4.69) is 27.1 Å². The van der Waals surface area contributed by atoms with Crippen LogP contribution in [-0.2, 0) is 9.53 Å². The molecule has 1 aliphatic rings. The summed E-state index contributed by atoms with van der Waals surface area (Å²) in [6.07, 6.45) is 6.30. The van der Waals surface area contributed by atoms with Gasteiger partial charge in [0.25, 0.3) is 0 Å². The van der Waals surface area contributed by atoms with E-state index in [9.17, 15) is 4.79 Å². The molecule has 0 spiro atoms. The lowest BCUT2D eigenvalue weighted by Crippen LogP contribution is -2.15. The molecule has 4 rings (SSSR count). The molecule has 0 bridgehead atoms. The molecule has 1 fully saturated rings. The van der Waals surface area contributed by atoms with Crippen molar-refractivity contribution in [3.05, 3.63) is 24.3 Å². The maximum Gasteiger partial charge on any atom is 0.307 e. The Bertz CT molecular complexity index is 985. The van der Waals surface area contributed by atoms with Crippen molar-refractivity contribution < 1.29 is 9.53 Å². The average Bonchev–Trinajstić information content (AvgIpc) is 3.35. The highest BCUT2D eigenvalue weighted by Crippen LogP contribution is 2.42. The summed E-state index contributed by atoms with van der Waals surface area (Å²) in [4.78, 5) is 19.4. The van der Waals surface area contributed by atoms with Crippen molar-refractivity contribution in [2.45, 2.75) is 51.0 Å². The molecule has 0 aromatic carbocycles. The van der Waals surface area contributed by atoms with Gasteiger partial charge in [-0.3, -0.25) is 9.20 Å².